The predicted molar refractivity (Wildman–Crippen MR) is 113 cm³/mol. The molecule has 0 aliphatic carbocycles. The zero-order chi connectivity index (χ0) is 22.6. The highest BCUT2D eigenvalue weighted by Crippen LogP contribution is 2.24. The van der Waals surface area contributed by atoms with E-state index in [0.717, 1.165) is 0 Å². The number of carbonyl (C=O) groups excluding carboxylic acids is 2. The van der Waals surface area contributed by atoms with Gasteiger partial charge in [-0.25, -0.2) is 13.2 Å². The monoisotopic (exact) mass is 460 g/mol. The Morgan fingerprint density at radius 2 is 1.80 bits per heavy atom. The van der Waals surface area contributed by atoms with E-state index < -0.39 is 22.1 Å². The number of morpholine rings is 1. The fourth-order valence-corrected chi connectivity index (χ4v) is 5.10. The number of sulfonamides is 1. The molecule has 0 bridgehead atoms. The molecule has 0 radical (unpaired) electrons. The maximum absolute atomic E-state index is 12.7. The Morgan fingerprint density at radius 3 is 2.33 bits per heavy atom. The topological polar surface area (TPSA) is 93.2 Å². The lowest BCUT2D eigenvalue weighted by Crippen LogP contribution is -2.51. The van der Waals surface area contributed by atoms with Gasteiger partial charge in [0, 0.05) is 26.2 Å². The van der Waals surface area contributed by atoms with Gasteiger partial charge in [-0.2, -0.15) is 4.31 Å². The number of halogens is 1. The van der Waals surface area contributed by atoms with Crippen LogP contribution in [0.4, 0.5) is 0 Å². The zero-order valence-electron chi connectivity index (χ0n) is 17.9. The molecule has 168 valence electrons. The minimum atomic E-state index is -3.77. The summed E-state index contributed by atoms with van der Waals surface area (Å²) in [7, 11) is -3.77. The van der Waals surface area contributed by atoms with E-state index in [4.69, 9.17) is 21.1 Å². The molecule has 1 heterocycles. The van der Waals surface area contributed by atoms with E-state index in [9.17, 15) is 18.0 Å². The molecule has 1 fully saturated rings. The molecule has 0 spiro atoms. The molecule has 1 aliphatic heterocycles. The van der Waals surface area contributed by atoms with Gasteiger partial charge in [0.1, 0.15) is 0 Å². The van der Waals surface area contributed by atoms with Crippen LogP contribution in [0.3, 0.4) is 0 Å². The molecule has 8 nitrogen and oxygen atoms in total. The fourth-order valence-electron chi connectivity index (χ4n) is 3.42. The maximum atomic E-state index is 12.7. The standard InChI is InChI=1S/C20H29ClN2O6S/c1-6-23(7-2)30(26,27)16-8-9-18(21)17(10-16)20(25)29-15(5)19(24)22-11-13(3)28-14(4)12-22/h8-10,13-15H,6-7,11-12H2,1-5H3. The average Bonchev–Trinajstić information content (AvgIpc) is 2.67. The van der Waals surface area contributed by atoms with E-state index in [-0.39, 0.29) is 33.6 Å². The highest BCUT2D eigenvalue weighted by atomic mass is 35.5. The van der Waals surface area contributed by atoms with Crippen molar-refractivity contribution >= 4 is 33.5 Å². The lowest BCUT2D eigenvalue weighted by Gasteiger charge is -2.36. The smallest absolute Gasteiger partial charge is 0.340 e. The Kier molecular flexibility index (Phi) is 8.27. The van der Waals surface area contributed by atoms with Gasteiger partial charge in [0.15, 0.2) is 6.10 Å². The van der Waals surface area contributed by atoms with Crippen LogP contribution in [0.15, 0.2) is 23.1 Å². The summed E-state index contributed by atoms with van der Waals surface area (Å²) in [5.41, 5.74) is -0.103. The molecular formula is C20H29ClN2O6S. The Bertz CT molecular complexity index is 877. The summed E-state index contributed by atoms with van der Waals surface area (Å²) < 4.78 is 37.7. The van der Waals surface area contributed by atoms with Crippen molar-refractivity contribution in [2.24, 2.45) is 0 Å². The normalized spacial score (nSPS) is 20.8. The van der Waals surface area contributed by atoms with Crippen molar-refractivity contribution < 1.29 is 27.5 Å². The predicted octanol–water partition coefficient (Wildman–Crippen LogP) is 2.55. The minimum absolute atomic E-state index is 0.0479. The maximum Gasteiger partial charge on any atom is 0.340 e. The molecule has 1 aliphatic rings. The quantitative estimate of drug-likeness (QED) is 0.580. The van der Waals surface area contributed by atoms with Crippen LogP contribution in [0.25, 0.3) is 0 Å². The first-order valence-electron chi connectivity index (χ1n) is 9.96. The van der Waals surface area contributed by atoms with Gasteiger partial charge in [0.2, 0.25) is 10.0 Å². The second-order valence-corrected chi connectivity index (χ2v) is 9.62. The third-order valence-electron chi connectivity index (χ3n) is 4.86. The van der Waals surface area contributed by atoms with Gasteiger partial charge in [0.05, 0.1) is 27.7 Å². The van der Waals surface area contributed by atoms with Crippen LogP contribution in [0.5, 0.6) is 0 Å². The number of hydrogen-bond acceptors (Lipinski definition) is 6. The van der Waals surface area contributed by atoms with Crippen molar-refractivity contribution in [2.45, 2.75) is 57.8 Å². The molecule has 1 aromatic rings. The average molecular weight is 461 g/mol. The van der Waals surface area contributed by atoms with E-state index in [1.54, 1.807) is 18.7 Å². The lowest BCUT2D eigenvalue weighted by atomic mass is 10.2. The van der Waals surface area contributed by atoms with E-state index >= 15 is 0 Å². The Balaban J connectivity index is 2.19. The molecule has 0 aromatic heterocycles. The number of nitrogens with zero attached hydrogens (tertiary/aromatic N) is 2. The van der Waals surface area contributed by atoms with Crippen LogP contribution in [-0.2, 0) is 24.3 Å². The Labute approximate surface area is 183 Å². The van der Waals surface area contributed by atoms with E-state index in [0.29, 0.717) is 26.2 Å². The number of esters is 1. The van der Waals surface area contributed by atoms with Gasteiger partial charge < -0.3 is 14.4 Å². The number of carbonyl (C=O) groups is 2. The van der Waals surface area contributed by atoms with Crippen LogP contribution < -0.4 is 0 Å². The highest BCUT2D eigenvalue weighted by Gasteiger charge is 2.31. The summed E-state index contributed by atoms with van der Waals surface area (Å²) in [5.74, 6) is -1.19. The first kappa shape index (κ1) is 24.6. The van der Waals surface area contributed by atoms with E-state index in [2.05, 4.69) is 0 Å². The van der Waals surface area contributed by atoms with Crippen LogP contribution in [0, 0.1) is 0 Å². The van der Waals surface area contributed by atoms with Crippen molar-refractivity contribution in [1.82, 2.24) is 9.21 Å². The number of ether oxygens (including phenoxy) is 2. The zero-order valence-corrected chi connectivity index (χ0v) is 19.5. The molecule has 3 atom stereocenters. The van der Waals surface area contributed by atoms with Crippen molar-refractivity contribution in [2.75, 3.05) is 26.2 Å². The summed E-state index contributed by atoms with van der Waals surface area (Å²) >= 11 is 6.12. The molecule has 1 amide bonds. The third kappa shape index (κ3) is 5.51. The number of amides is 1. The first-order chi connectivity index (χ1) is 14.0. The van der Waals surface area contributed by atoms with E-state index in [1.807, 2.05) is 13.8 Å². The van der Waals surface area contributed by atoms with Gasteiger partial charge in [-0.15, -0.1) is 0 Å². The molecule has 10 heteroatoms. The van der Waals surface area contributed by atoms with Gasteiger partial charge in [-0.3, -0.25) is 4.79 Å². The third-order valence-corrected chi connectivity index (χ3v) is 7.24. The van der Waals surface area contributed by atoms with Gasteiger partial charge >= 0.3 is 5.97 Å². The summed E-state index contributed by atoms with van der Waals surface area (Å²) in [4.78, 5) is 26.9. The molecule has 3 unspecified atom stereocenters. The summed E-state index contributed by atoms with van der Waals surface area (Å²) in [6, 6.07) is 3.87. The van der Waals surface area contributed by atoms with Gasteiger partial charge in [0.25, 0.3) is 5.91 Å². The second-order valence-electron chi connectivity index (χ2n) is 7.28. The lowest BCUT2D eigenvalue weighted by molar-refractivity contribution is -0.151. The molecule has 1 saturated heterocycles. The fraction of sp³-hybridized carbons (Fsp3) is 0.600. The largest absolute Gasteiger partial charge is 0.449 e. The molecular weight excluding hydrogens is 432 g/mol. The van der Waals surface area contributed by atoms with Gasteiger partial charge in [-0.1, -0.05) is 25.4 Å². The molecule has 1 aromatic carbocycles. The first-order valence-corrected chi connectivity index (χ1v) is 11.8. The molecule has 0 saturated carbocycles. The van der Waals surface area contributed by atoms with Gasteiger partial charge in [-0.05, 0) is 39.0 Å². The number of rotatable bonds is 7. The van der Waals surface area contributed by atoms with Crippen LogP contribution in [0.2, 0.25) is 5.02 Å². The molecule has 0 N–H and O–H groups in total. The second kappa shape index (κ2) is 10.1. The summed E-state index contributed by atoms with van der Waals surface area (Å²) in [6.07, 6.45) is -1.27. The summed E-state index contributed by atoms with van der Waals surface area (Å²) in [6.45, 7) is 10.1. The van der Waals surface area contributed by atoms with Crippen LogP contribution >= 0.6 is 11.6 Å². The Morgan fingerprint density at radius 1 is 1.23 bits per heavy atom. The van der Waals surface area contributed by atoms with Crippen molar-refractivity contribution in [1.29, 1.82) is 0 Å². The van der Waals surface area contributed by atoms with Crippen molar-refractivity contribution in [3.8, 4) is 0 Å². The Hall–Kier alpha value is -1.68. The van der Waals surface area contributed by atoms with Crippen molar-refractivity contribution in [3.05, 3.63) is 28.8 Å². The molecule has 30 heavy (non-hydrogen) atoms. The SMILES string of the molecule is CCN(CC)S(=O)(=O)c1ccc(Cl)c(C(=O)OC(C)C(=O)N2CC(C)OC(C)C2)c1. The van der Waals surface area contributed by atoms with E-state index in [1.165, 1.54) is 29.4 Å². The van der Waals surface area contributed by atoms with Crippen LogP contribution in [-0.4, -0.2) is 74.0 Å². The van der Waals surface area contributed by atoms with Crippen LogP contribution in [0.1, 0.15) is 45.0 Å². The minimum Gasteiger partial charge on any atom is -0.449 e. The highest BCUT2D eigenvalue weighted by molar-refractivity contribution is 7.89. The molecule has 2 rings (SSSR count). The number of hydrogen-bond donors (Lipinski definition) is 0. The number of benzene rings is 1. The van der Waals surface area contributed by atoms with Crippen molar-refractivity contribution in [3.63, 3.8) is 0 Å². The summed E-state index contributed by atoms with van der Waals surface area (Å²) in [5, 5.41) is 0.0479.